The third-order valence-electron chi connectivity index (χ3n) is 1.09. The minimum atomic E-state index is -0.875. The largest absolute Gasteiger partial charge is 0.761 e. The second-order valence-corrected chi connectivity index (χ2v) is 2.08. The van der Waals surface area contributed by atoms with Gasteiger partial charge in [0.2, 0.25) is 0 Å². The summed E-state index contributed by atoms with van der Waals surface area (Å²) in [6.45, 7) is 3.14. The zero-order chi connectivity index (χ0) is 6.78. The third kappa shape index (κ3) is 1.75. The summed E-state index contributed by atoms with van der Waals surface area (Å²) in [5.74, 6) is 0. The van der Waals surface area contributed by atoms with Crippen LogP contribution in [0.1, 0.15) is 13.8 Å². The van der Waals surface area contributed by atoms with Gasteiger partial charge >= 0.3 is 0 Å². The molecule has 0 aliphatic heterocycles. The molecular weight excluding hydrogens is 108 g/mol. The van der Waals surface area contributed by atoms with Crippen LogP contribution in [0.15, 0.2) is 0 Å². The van der Waals surface area contributed by atoms with Crippen molar-refractivity contribution in [1.82, 2.24) is 10.5 Å². The van der Waals surface area contributed by atoms with Gasteiger partial charge in [-0.15, -0.1) is 0 Å². The molecule has 50 valence electrons. The van der Waals surface area contributed by atoms with Crippen molar-refractivity contribution in [3.8, 4) is 0 Å². The highest BCUT2D eigenvalue weighted by atomic mass is 16.8. The van der Waals surface area contributed by atoms with Gasteiger partial charge in [0.05, 0.1) is 5.66 Å². The van der Waals surface area contributed by atoms with Crippen LogP contribution in [0.4, 0.5) is 0 Å². The molecule has 0 aliphatic rings. The SMILES string of the molecule is CNC(C)(C)N([O-])O. The highest BCUT2D eigenvalue weighted by molar-refractivity contribution is 4.69. The molecule has 4 nitrogen and oxygen atoms in total. The van der Waals surface area contributed by atoms with E-state index in [4.69, 9.17) is 5.21 Å². The van der Waals surface area contributed by atoms with Gasteiger partial charge in [0.25, 0.3) is 0 Å². The van der Waals surface area contributed by atoms with E-state index >= 15 is 0 Å². The van der Waals surface area contributed by atoms with Gasteiger partial charge in [-0.1, -0.05) is 0 Å². The Hall–Kier alpha value is -0.160. The van der Waals surface area contributed by atoms with Crippen LogP contribution in [-0.2, 0) is 0 Å². The number of rotatable bonds is 2. The Bertz CT molecular complexity index is 72.4. The number of nitrogens with zero attached hydrogens (tertiary/aromatic N) is 1. The minimum absolute atomic E-state index is 0.118. The average molecular weight is 119 g/mol. The molecule has 0 bridgehead atoms. The van der Waals surface area contributed by atoms with Crippen molar-refractivity contribution in [2.24, 2.45) is 0 Å². The minimum Gasteiger partial charge on any atom is -0.761 e. The van der Waals surface area contributed by atoms with Crippen LogP contribution < -0.4 is 5.32 Å². The van der Waals surface area contributed by atoms with Crippen molar-refractivity contribution in [3.05, 3.63) is 5.21 Å². The first kappa shape index (κ1) is 7.84. The Morgan fingerprint density at radius 2 is 2.00 bits per heavy atom. The molecule has 4 heteroatoms. The third-order valence-corrected chi connectivity index (χ3v) is 1.09. The molecular formula is C4H11N2O2-. The van der Waals surface area contributed by atoms with Gasteiger partial charge in [-0.05, 0) is 20.9 Å². The predicted octanol–water partition coefficient (Wildman–Crippen LogP) is 0.131. The molecule has 0 heterocycles. The molecule has 0 aromatic carbocycles. The second-order valence-electron chi connectivity index (χ2n) is 2.08. The van der Waals surface area contributed by atoms with Crippen molar-refractivity contribution < 1.29 is 5.21 Å². The maximum atomic E-state index is 10.1. The Balaban J connectivity index is 3.71. The van der Waals surface area contributed by atoms with Gasteiger partial charge < -0.3 is 15.7 Å². The van der Waals surface area contributed by atoms with Crippen LogP contribution in [0.5, 0.6) is 0 Å². The monoisotopic (exact) mass is 119 g/mol. The van der Waals surface area contributed by atoms with E-state index in [1.54, 1.807) is 20.9 Å². The number of hydrogen-bond acceptors (Lipinski definition) is 4. The lowest BCUT2D eigenvalue weighted by Gasteiger charge is -2.37. The molecule has 0 unspecified atom stereocenters. The normalized spacial score (nSPS) is 12.8. The maximum Gasteiger partial charge on any atom is 0.0760 e. The first-order valence-corrected chi connectivity index (χ1v) is 2.36. The van der Waals surface area contributed by atoms with Crippen molar-refractivity contribution in [2.75, 3.05) is 7.05 Å². The molecule has 0 aromatic heterocycles. The summed E-state index contributed by atoms with van der Waals surface area (Å²) in [4.78, 5) is 0. The number of hydrogen-bond donors (Lipinski definition) is 2. The van der Waals surface area contributed by atoms with Crippen molar-refractivity contribution in [3.63, 3.8) is 0 Å². The van der Waals surface area contributed by atoms with Crippen LogP contribution in [-0.4, -0.2) is 23.1 Å². The standard InChI is InChI=1S/C4H11N2O2/c1-4(2,5-3)6(7)8/h5,7H,1-3H3/q-1. The van der Waals surface area contributed by atoms with Gasteiger partial charge in [-0.2, -0.15) is 0 Å². The fourth-order valence-electron chi connectivity index (χ4n) is 0.0956. The van der Waals surface area contributed by atoms with Crippen LogP contribution in [0.2, 0.25) is 0 Å². The molecule has 0 rings (SSSR count). The Morgan fingerprint density at radius 3 is 2.00 bits per heavy atom. The fourth-order valence-corrected chi connectivity index (χ4v) is 0.0956. The van der Waals surface area contributed by atoms with E-state index in [1.807, 2.05) is 0 Å². The first-order valence-electron chi connectivity index (χ1n) is 2.36. The molecule has 0 saturated carbocycles. The van der Waals surface area contributed by atoms with E-state index in [9.17, 15) is 5.21 Å². The molecule has 0 atom stereocenters. The first-order chi connectivity index (χ1) is 3.50. The predicted molar refractivity (Wildman–Crippen MR) is 30.1 cm³/mol. The zero-order valence-electron chi connectivity index (χ0n) is 5.30. The lowest BCUT2D eigenvalue weighted by Crippen LogP contribution is -2.48. The highest BCUT2D eigenvalue weighted by Crippen LogP contribution is 2.02. The summed E-state index contributed by atoms with van der Waals surface area (Å²) in [5, 5.41) is 20.9. The molecule has 0 amide bonds. The summed E-state index contributed by atoms with van der Waals surface area (Å²) in [6, 6.07) is 0. The van der Waals surface area contributed by atoms with Crippen LogP contribution >= 0.6 is 0 Å². The van der Waals surface area contributed by atoms with Crippen LogP contribution in [0.25, 0.3) is 0 Å². The quantitative estimate of drug-likeness (QED) is 0.400. The molecule has 0 radical (unpaired) electrons. The molecule has 0 saturated heterocycles. The Labute approximate surface area is 48.6 Å². The van der Waals surface area contributed by atoms with Gasteiger partial charge in [-0.3, -0.25) is 0 Å². The molecule has 8 heavy (non-hydrogen) atoms. The summed E-state index contributed by atoms with van der Waals surface area (Å²) in [5.41, 5.74) is -0.875. The van der Waals surface area contributed by atoms with Gasteiger partial charge in [-0.25, -0.2) is 5.23 Å². The molecule has 0 aliphatic carbocycles. The average Bonchev–Trinajstić information content (AvgIpc) is 1.67. The van der Waals surface area contributed by atoms with Gasteiger partial charge in [0.15, 0.2) is 0 Å². The van der Waals surface area contributed by atoms with Crippen LogP contribution in [0, 0.1) is 5.21 Å². The van der Waals surface area contributed by atoms with Crippen molar-refractivity contribution in [1.29, 1.82) is 0 Å². The lowest BCUT2D eigenvalue weighted by molar-refractivity contribution is -0.127. The molecule has 0 spiro atoms. The summed E-state index contributed by atoms with van der Waals surface area (Å²) < 4.78 is 0. The Morgan fingerprint density at radius 1 is 1.62 bits per heavy atom. The Kier molecular flexibility index (Phi) is 2.36. The van der Waals surface area contributed by atoms with Gasteiger partial charge in [0, 0.05) is 0 Å². The number of hydroxylamine groups is 2. The number of nitrogens with one attached hydrogen (secondary N) is 1. The van der Waals surface area contributed by atoms with E-state index in [0.717, 1.165) is 0 Å². The summed E-state index contributed by atoms with van der Waals surface area (Å²) >= 11 is 0. The smallest absolute Gasteiger partial charge is 0.0760 e. The highest BCUT2D eigenvalue weighted by Gasteiger charge is 2.13. The van der Waals surface area contributed by atoms with E-state index in [1.165, 1.54) is 0 Å². The van der Waals surface area contributed by atoms with Crippen molar-refractivity contribution >= 4 is 0 Å². The van der Waals surface area contributed by atoms with E-state index in [-0.39, 0.29) is 5.23 Å². The maximum absolute atomic E-state index is 10.1. The molecule has 2 N–H and O–H groups in total. The molecule has 0 aromatic rings. The zero-order valence-corrected chi connectivity index (χ0v) is 5.30. The van der Waals surface area contributed by atoms with Crippen molar-refractivity contribution in [2.45, 2.75) is 19.5 Å². The van der Waals surface area contributed by atoms with E-state index < -0.39 is 5.66 Å². The molecule has 0 fully saturated rings. The van der Waals surface area contributed by atoms with E-state index in [0.29, 0.717) is 0 Å². The summed E-state index contributed by atoms with van der Waals surface area (Å²) in [7, 11) is 1.60. The topological polar surface area (TPSA) is 58.6 Å². The fraction of sp³-hybridized carbons (Fsp3) is 1.00. The van der Waals surface area contributed by atoms with E-state index in [2.05, 4.69) is 5.32 Å². The van der Waals surface area contributed by atoms with Gasteiger partial charge in [0.1, 0.15) is 0 Å². The second kappa shape index (κ2) is 2.41. The summed E-state index contributed by atoms with van der Waals surface area (Å²) in [6.07, 6.45) is 0. The van der Waals surface area contributed by atoms with Crippen LogP contribution in [0.3, 0.4) is 0 Å². The lowest BCUT2D eigenvalue weighted by atomic mass is 10.3.